The average molecular weight is 210 g/mol. The number of aromatic nitrogens is 1. The Kier molecular flexibility index (Phi) is 2.88. The first-order chi connectivity index (χ1) is 6.68. The third-order valence-corrected chi connectivity index (χ3v) is 4.50. The molecule has 1 aliphatic rings. The third-order valence-electron chi connectivity index (χ3n) is 3.17. The van der Waals surface area contributed by atoms with E-state index in [0.717, 1.165) is 5.92 Å². The van der Waals surface area contributed by atoms with E-state index >= 15 is 0 Å². The fourth-order valence-corrected chi connectivity index (χ4v) is 3.33. The topological polar surface area (TPSA) is 38.9 Å². The van der Waals surface area contributed by atoms with Gasteiger partial charge >= 0.3 is 0 Å². The first kappa shape index (κ1) is 10.1. The average Bonchev–Trinajstić information content (AvgIpc) is 2.71. The lowest BCUT2D eigenvalue weighted by atomic mass is 9.99. The van der Waals surface area contributed by atoms with Gasteiger partial charge in [-0.25, -0.2) is 4.98 Å². The van der Waals surface area contributed by atoms with Crippen LogP contribution in [0.3, 0.4) is 0 Å². The van der Waals surface area contributed by atoms with Gasteiger partial charge in [0, 0.05) is 23.0 Å². The standard InChI is InChI=1S/C11H18N2S/c1-7-4-3-5-9(7)11-13-6-10(14-11)8(2)12/h6-9H,3-5,12H2,1-2H3. The summed E-state index contributed by atoms with van der Waals surface area (Å²) in [5, 5.41) is 1.31. The van der Waals surface area contributed by atoms with E-state index in [1.54, 1.807) is 11.3 Å². The van der Waals surface area contributed by atoms with Crippen molar-refractivity contribution in [3.63, 3.8) is 0 Å². The highest BCUT2D eigenvalue weighted by Gasteiger charge is 2.27. The summed E-state index contributed by atoms with van der Waals surface area (Å²) in [5.74, 6) is 1.51. The van der Waals surface area contributed by atoms with Crippen LogP contribution < -0.4 is 5.73 Å². The largest absolute Gasteiger partial charge is 0.323 e. The Morgan fingerprint density at radius 2 is 2.36 bits per heavy atom. The van der Waals surface area contributed by atoms with Gasteiger partial charge < -0.3 is 5.73 Å². The van der Waals surface area contributed by atoms with Crippen molar-refractivity contribution in [2.75, 3.05) is 0 Å². The zero-order valence-corrected chi connectivity index (χ0v) is 9.68. The molecule has 14 heavy (non-hydrogen) atoms. The third kappa shape index (κ3) is 1.84. The van der Waals surface area contributed by atoms with Crippen LogP contribution in [0.25, 0.3) is 0 Å². The molecular formula is C11H18N2S. The maximum absolute atomic E-state index is 5.83. The van der Waals surface area contributed by atoms with Crippen molar-refractivity contribution < 1.29 is 0 Å². The molecule has 1 saturated carbocycles. The minimum absolute atomic E-state index is 0.137. The van der Waals surface area contributed by atoms with Crippen molar-refractivity contribution in [3.8, 4) is 0 Å². The molecule has 1 heterocycles. The summed E-state index contributed by atoms with van der Waals surface area (Å²) in [5.41, 5.74) is 5.83. The number of rotatable bonds is 2. The van der Waals surface area contributed by atoms with Crippen LogP contribution in [0.4, 0.5) is 0 Å². The van der Waals surface area contributed by atoms with Crippen molar-refractivity contribution >= 4 is 11.3 Å². The van der Waals surface area contributed by atoms with E-state index in [2.05, 4.69) is 11.9 Å². The molecule has 1 aromatic heterocycles. The Hall–Kier alpha value is -0.410. The molecule has 2 rings (SSSR count). The van der Waals surface area contributed by atoms with Crippen LogP contribution in [-0.2, 0) is 0 Å². The highest BCUT2D eigenvalue weighted by atomic mass is 32.1. The lowest BCUT2D eigenvalue weighted by molar-refractivity contribution is 0.531. The summed E-state index contributed by atoms with van der Waals surface area (Å²) in [6.45, 7) is 4.36. The Morgan fingerprint density at radius 1 is 1.57 bits per heavy atom. The monoisotopic (exact) mass is 210 g/mol. The van der Waals surface area contributed by atoms with Crippen LogP contribution >= 0.6 is 11.3 Å². The van der Waals surface area contributed by atoms with Gasteiger partial charge in [0.1, 0.15) is 0 Å². The molecule has 2 N–H and O–H groups in total. The van der Waals surface area contributed by atoms with Gasteiger partial charge in [-0.1, -0.05) is 19.8 Å². The van der Waals surface area contributed by atoms with Crippen molar-refractivity contribution in [1.29, 1.82) is 0 Å². The van der Waals surface area contributed by atoms with E-state index in [4.69, 9.17) is 5.73 Å². The molecule has 3 heteroatoms. The first-order valence-electron chi connectivity index (χ1n) is 5.39. The Labute approximate surface area is 89.5 Å². The molecule has 0 bridgehead atoms. The molecule has 0 spiro atoms. The van der Waals surface area contributed by atoms with E-state index in [9.17, 15) is 0 Å². The van der Waals surface area contributed by atoms with Gasteiger partial charge in [-0.15, -0.1) is 11.3 Å². The second-order valence-corrected chi connectivity index (χ2v) is 5.50. The molecule has 0 radical (unpaired) electrons. The minimum Gasteiger partial charge on any atom is -0.323 e. The molecule has 0 aliphatic heterocycles. The van der Waals surface area contributed by atoms with Gasteiger partial charge in [-0.3, -0.25) is 0 Å². The number of thiazole rings is 1. The lowest BCUT2D eigenvalue weighted by Gasteiger charge is -2.11. The molecule has 78 valence electrons. The minimum atomic E-state index is 0.137. The van der Waals surface area contributed by atoms with Gasteiger partial charge in [-0.2, -0.15) is 0 Å². The van der Waals surface area contributed by atoms with Crippen LogP contribution in [-0.4, -0.2) is 4.98 Å². The molecule has 0 amide bonds. The number of hydrogen-bond acceptors (Lipinski definition) is 3. The van der Waals surface area contributed by atoms with Gasteiger partial charge in [0.25, 0.3) is 0 Å². The quantitative estimate of drug-likeness (QED) is 0.814. The maximum atomic E-state index is 5.83. The van der Waals surface area contributed by atoms with Crippen LogP contribution in [0.5, 0.6) is 0 Å². The predicted octanol–water partition coefficient (Wildman–Crippen LogP) is 3.07. The lowest BCUT2D eigenvalue weighted by Crippen LogP contribution is -2.02. The van der Waals surface area contributed by atoms with Crippen LogP contribution in [0.2, 0.25) is 0 Å². The number of hydrogen-bond donors (Lipinski definition) is 1. The summed E-state index contributed by atoms with van der Waals surface area (Å²) in [6, 6.07) is 0.137. The predicted molar refractivity (Wildman–Crippen MR) is 60.5 cm³/mol. The molecule has 2 nitrogen and oxygen atoms in total. The van der Waals surface area contributed by atoms with Crippen LogP contribution in [0.15, 0.2) is 6.20 Å². The van der Waals surface area contributed by atoms with Gasteiger partial charge in [0.2, 0.25) is 0 Å². The Morgan fingerprint density at radius 3 is 2.86 bits per heavy atom. The summed E-state index contributed by atoms with van der Waals surface area (Å²) in [6.07, 6.45) is 5.99. The molecule has 0 aromatic carbocycles. The second-order valence-electron chi connectivity index (χ2n) is 4.40. The zero-order valence-electron chi connectivity index (χ0n) is 8.86. The summed E-state index contributed by atoms with van der Waals surface area (Å²) in [4.78, 5) is 5.73. The van der Waals surface area contributed by atoms with Crippen LogP contribution in [0, 0.1) is 5.92 Å². The summed E-state index contributed by atoms with van der Waals surface area (Å²) < 4.78 is 0. The SMILES string of the molecule is CC(N)c1cnc(C2CCCC2C)s1. The molecule has 1 aliphatic carbocycles. The van der Waals surface area contributed by atoms with E-state index < -0.39 is 0 Å². The van der Waals surface area contributed by atoms with Crippen molar-refractivity contribution in [3.05, 3.63) is 16.1 Å². The summed E-state index contributed by atoms with van der Waals surface area (Å²) in [7, 11) is 0. The maximum Gasteiger partial charge on any atom is 0.0961 e. The smallest absolute Gasteiger partial charge is 0.0961 e. The van der Waals surface area contributed by atoms with E-state index in [-0.39, 0.29) is 6.04 Å². The molecular weight excluding hydrogens is 192 g/mol. The zero-order chi connectivity index (χ0) is 10.1. The number of nitrogens with zero attached hydrogens (tertiary/aromatic N) is 1. The van der Waals surface area contributed by atoms with E-state index in [1.165, 1.54) is 29.1 Å². The Balaban J connectivity index is 2.16. The highest BCUT2D eigenvalue weighted by Crippen LogP contribution is 2.41. The fourth-order valence-electron chi connectivity index (χ4n) is 2.19. The van der Waals surface area contributed by atoms with Crippen molar-refractivity contribution in [2.24, 2.45) is 11.7 Å². The van der Waals surface area contributed by atoms with Gasteiger partial charge in [-0.05, 0) is 19.3 Å². The highest BCUT2D eigenvalue weighted by molar-refractivity contribution is 7.11. The fraction of sp³-hybridized carbons (Fsp3) is 0.727. The molecule has 1 aromatic rings. The number of nitrogens with two attached hydrogens (primary N) is 1. The summed E-state index contributed by atoms with van der Waals surface area (Å²) >= 11 is 1.81. The second kappa shape index (κ2) is 3.99. The molecule has 3 atom stereocenters. The van der Waals surface area contributed by atoms with Crippen molar-refractivity contribution in [2.45, 2.75) is 45.1 Å². The molecule has 1 fully saturated rings. The van der Waals surface area contributed by atoms with Gasteiger partial charge in [0.15, 0.2) is 0 Å². The van der Waals surface area contributed by atoms with E-state index in [1.807, 2.05) is 13.1 Å². The molecule has 0 saturated heterocycles. The van der Waals surface area contributed by atoms with Crippen molar-refractivity contribution in [1.82, 2.24) is 4.98 Å². The van der Waals surface area contributed by atoms with E-state index in [0.29, 0.717) is 5.92 Å². The molecule has 3 unspecified atom stereocenters. The first-order valence-corrected chi connectivity index (χ1v) is 6.21. The Bertz CT molecular complexity index is 306. The van der Waals surface area contributed by atoms with Crippen LogP contribution in [0.1, 0.15) is 55.0 Å². The normalized spacial score (nSPS) is 29.4. The van der Waals surface area contributed by atoms with Gasteiger partial charge in [0.05, 0.1) is 5.01 Å².